The summed E-state index contributed by atoms with van der Waals surface area (Å²) in [7, 11) is -3.09. The van der Waals surface area contributed by atoms with E-state index in [1.165, 1.54) is 6.42 Å². The maximum Gasteiger partial charge on any atom is 0.255 e. The van der Waals surface area contributed by atoms with E-state index in [0.717, 1.165) is 75.8 Å². The summed E-state index contributed by atoms with van der Waals surface area (Å²) in [6, 6.07) is 5.39. The SMILES string of the molecule is O=C1CCC(N2Cc3cc(O[C@@H]4CCCC[C@H]4N4CC(C5CCN(S(=O)(=O)C6CCC6)CC5)C4)ccc3C2=O)C(=O)N1. The molecule has 7 rings (SSSR count). The zero-order valence-corrected chi connectivity index (χ0v) is 25.0. The third kappa shape index (κ3) is 5.15. The number of hydrogen-bond donors (Lipinski definition) is 1. The summed E-state index contributed by atoms with van der Waals surface area (Å²) in [4.78, 5) is 41.2. The number of amides is 3. The van der Waals surface area contributed by atoms with E-state index in [1.807, 2.05) is 18.2 Å². The number of likely N-dealkylation sites (tertiary alicyclic amines) is 1. The van der Waals surface area contributed by atoms with Crippen LogP contribution in [0.25, 0.3) is 0 Å². The largest absolute Gasteiger partial charge is 0.489 e. The van der Waals surface area contributed by atoms with Crippen molar-refractivity contribution >= 4 is 27.7 Å². The molecule has 228 valence electrons. The van der Waals surface area contributed by atoms with Gasteiger partial charge in [-0.3, -0.25) is 24.6 Å². The lowest BCUT2D eigenvalue weighted by Crippen LogP contribution is -2.60. The molecule has 0 spiro atoms. The van der Waals surface area contributed by atoms with Gasteiger partial charge in [0.15, 0.2) is 0 Å². The highest BCUT2D eigenvalue weighted by Gasteiger charge is 2.44. The Morgan fingerprint density at radius 3 is 2.33 bits per heavy atom. The van der Waals surface area contributed by atoms with E-state index >= 15 is 0 Å². The summed E-state index contributed by atoms with van der Waals surface area (Å²) in [5, 5.41) is 2.23. The van der Waals surface area contributed by atoms with E-state index in [9.17, 15) is 22.8 Å². The van der Waals surface area contributed by atoms with E-state index in [2.05, 4.69) is 10.2 Å². The van der Waals surface area contributed by atoms with Crippen LogP contribution in [0, 0.1) is 11.8 Å². The first-order valence-electron chi connectivity index (χ1n) is 15.9. The Kier molecular flexibility index (Phi) is 7.55. The number of sulfonamides is 1. The molecule has 1 aromatic carbocycles. The Morgan fingerprint density at radius 2 is 1.62 bits per heavy atom. The molecule has 2 aliphatic carbocycles. The number of piperidine rings is 2. The van der Waals surface area contributed by atoms with E-state index in [1.54, 1.807) is 9.21 Å². The number of fused-ring (bicyclic) bond motifs is 1. The summed E-state index contributed by atoms with van der Waals surface area (Å²) in [5.41, 5.74) is 1.47. The van der Waals surface area contributed by atoms with Crippen LogP contribution in [0.1, 0.15) is 86.6 Å². The van der Waals surface area contributed by atoms with Crippen LogP contribution >= 0.6 is 0 Å². The minimum Gasteiger partial charge on any atom is -0.489 e. The zero-order chi connectivity index (χ0) is 29.0. The molecule has 2 saturated carbocycles. The van der Waals surface area contributed by atoms with Gasteiger partial charge in [-0.2, -0.15) is 0 Å². The van der Waals surface area contributed by atoms with Gasteiger partial charge in [0.05, 0.1) is 5.25 Å². The van der Waals surface area contributed by atoms with Gasteiger partial charge in [0, 0.05) is 50.7 Å². The highest BCUT2D eigenvalue weighted by molar-refractivity contribution is 7.89. The molecule has 1 N–H and O–H groups in total. The first-order chi connectivity index (χ1) is 20.3. The number of nitrogens with zero attached hydrogens (tertiary/aromatic N) is 3. The second kappa shape index (κ2) is 11.2. The summed E-state index contributed by atoms with van der Waals surface area (Å²) < 4.78 is 34.0. The third-order valence-electron chi connectivity index (χ3n) is 10.9. The number of hydrogen-bond acceptors (Lipinski definition) is 7. The number of ether oxygens (including phenoxy) is 1. The van der Waals surface area contributed by atoms with Gasteiger partial charge in [0.1, 0.15) is 17.9 Å². The van der Waals surface area contributed by atoms with Crippen molar-refractivity contribution in [3.8, 4) is 5.75 Å². The second-order valence-corrected chi connectivity index (χ2v) is 15.5. The van der Waals surface area contributed by atoms with E-state index in [0.29, 0.717) is 49.5 Å². The van der Waals surface area contributed by atoms with Crippen molar-refractivity contribution in [3.63, 3.8) is 0 Å². The predicted octanol–water partition coefficient (Wildman–Crippen LogP) is 2.66. The molecule has 42 heavy (non-hydrogen) atoms. The molecule has 1 aromatic rings. The third-order valence-corrected chi connectivity index (χ3v) is 13.3. The number of carbonyl (C=O) groups excluding carboxylic acids is 3. The Morgan fingerprint density at radius 1 is 0.857 bits per heavy atom. The summed E-state index contributed by atoms with van der Waals surface area (Å²) in [6.07, 6.45) is 9.78. The van der Waals surface area contributed by atoms with Gasteiger partial charge < -0.3 is 9.64 Å². The zero-order valence-electron chi connectivity index (χ0n) is 24.2. The van der Waals surface area contributed by atoms with Crippen LogP contribution in [-0.2, 0) is 26.2 Å². The highest BCUT2D eigenvalue weighted by atomic mass is 32.2. The van der Waals surface area contributed by atoms with Gasteiger partial charge >= 0.3 is 0 Å². The molecular formula is C31H42N4O6S. The average molecular weight is 599 g/mol. The van der Waals surface area contributed by atoms with E-state index < -0.39 is 22.0 Å². The number of nitrogens with one attached hydrogen (secondary N) is 1. The maximum atomic E-state index is 13.1. The van der Waals surface area contributed by atoms with Crippen LogP contribution in [-0.4, -0.2) is 89.9 Å². The summed E-state index contributed by atoms with van der Waals surface area (Å²) in [5.74, 6) is 1.14. The van der Waals surface area contributed by atoms with Crippen LogP contribution in [0.3, 0.4) is 0 Å². The quantitative estimate of drug-likeness (QED) is 0.480. The smallest absolute Gasteiger partial charge is 0.255 e. The standard InChI is InChI=1S/C31H42N4O6S/c36-29-11-10-27(30(37)32-29)35-19-21-16-23(8-9-25(21)31(35)38)41-28-7-2-1-6-26(28)33-17-22(18-33)20-12-14-34(15-13-20)42(39,40)24-4-3-5-24/h8-9,16,20,22,24,26-28H,1-7,10-15,17-19H2,(H,32,36,37)/t26-,27?,28-/m1/s1. The molecule has 0 bridgehead atoms. The number of rotatable bonds is 7. The second-order valence-electron chi connectivity index (χ2n) is 13.3. The van der Waals surface area contributed by atoms with Crippen molar-refractivity contribution in [2.75, 3.05) is 26.2 Å². The van der Waals surface area contributed by atoms with Gasteiger partial charge in [-0.15, -0.1) is 0 Å². The van der Waals surface area contributed by atoms with Crippen molar-refractivity contribution in [2.45, 2.75) is 101 Å². The monoisotopic (exact) mass is 598 g/mol. The lowest BCUT2D eigenvalue weighted by Gasteiger charge is -2.51. The molecule has 10 nitrogen and oxygen atoms in total. The minimum atomic E-state index is -3.09. The Hall–Kier alpha value is -2.50. The van der Waals surface area contributed by atoms with Crippen molar-refractivity contribution in [3.05, 3.63) is 29.3 Å². The van der Waals surface area contributed by atoms with Gasteiger partial charge in [-0.05, 0) is 87.0 Å². The fourth-order valence-electron chi connectivity index (χ4n) is 8.03. The number of benzene rings is 1. The molecule has 3 amide bonds. The normalized spacial score (nSPS) is 30.5. The lowest BCUT2D eigenvalue weighted by molar-refractivity contribution is -0.136. The molecule has 4 aliphatic heterocycles. The fraction of sp³-hybridized carbons (Fsp3) is 0.710. The number of imide groups is 1. The molecule has 6 aliphatic rings. The Balaban J connectivity index is 0.938. The minimum absolute atomic E-state index is 0.0931. The van der Waals surface area contributed by atoms with Crippen molar-refractivity contribution in [1.29, 1.82) is 0 Å². The predicted molar refractivity (Wildman–Crippen MR) is 155 cm³/mol. The van der Waals surface area contributed by atoms with Crippen LogP contribution in [0.2, 0.25) is 0 Å². The summed E-state index contributed by atoms with van der Waals surface area (Å²) in [6.45, 7) is 3.82. The first kappa shape index (κ1) is 28.3. The van der Waals surface area contributed by atoms with Crippen LogP contribution in [0.4, 0.5) is 0 Å². The number of carbonyl (C=O) groups is 3. The van der Waals surface area contributed by atoms with Crippen molar-refractivity contribution in [1.82, 2.24) is 19.4 Å². The molecular weight excluding hydrogens is 556 g/mol. The van der Waals surface area contributed by atoms with Crippen molar-refractivity contribution < 1.29 is 27.5 Å². The Bertz CT molecular complexity index is 1350. The molecule has 1 unspecified atom stereocenters. The molecule has 0 radical (unpaired) electrons. The van der Waals surface area contributed by atoms with Gasteiger partial charge in [-0.25, -0.2) is 12.7 Å². The molecule has 11 heteroatoms. The average Bonchev–Trinajstić information content (AvgIpc) is 3.23. The van der Waals surface area contributed by atoms with Gasteiger partial charge in [0.25, 0.3) is 5.91 Å². The topological polar surface area (TPSA) is 116 Å². The summed E-state index contributed by atoms with van der Waals surface area (Å²) >= 11 is 0. The van der Waals surface area contributed by atoms with E-state index in [-0.39, 0.29) is 29.6 Å². The van der Waals surface area contributed by atoms with Gasteiger partial charge in [0.2, 0.25) is 21.8 Å². The lowest BCUT2D eigenvalue weighted by atomic mass is 9.78. The molecule has 0 aromatic heterocycles. The molecule has 3 saturated heterocycles. The first-order valence-corrected chi connectivity index (χ1v) is 17.5. The Labute approximate surface area is 248 Å². The molecule has 3 atom stereocenters. The van der Waals surface area contributed by atoms with Crippen LogP contribution in [0.15, 0.2) is 18.2 Å². The van der Waals surface area contributed by atoms with Crippen LogP contribution in [0.5, 0.6) is 5.75 Å². The highest BCUT2D eigenvalue weighted by Crippen LogP contribution is 2.39. The van der Waals surface area contributed by atoms with E-state index in [4.69, 9.17) is 4.74 Å². The molecule has 4 heterocycles. The van der Waals surface area contributed by atoms with Crippen LogP contribution < -0.4 is 10.1 Å². The maximum absolute atomic E-state index is 13.1. The van der Waals surface area contributed by atoms with Gasteiger partial charge in [-0.1, -0.05) is 12.8 Å². The molecule has 5 fully saturated rings. The fourth-order valence-corrected chi connectivity index (χ4v) is 10.1. The van der Waals surface area contributed by atoms with Crippen molar-refractivity contribution in [2.24, 2.45) is 11.8 Å².